The van der Waals surface area contributed by atoms with Crippen molar-refractivity contribution in [1.82, 2.24) is 0 Å². The zero-order valence-corrected chi connectivity index (χ0v) is 25.1. The van der Waals surface area contributed by atoms with Gasteiger partial charge in [-0.25, -0.2) is 0 Å². The minimum absolute atomic E-state index is 0.427. The van der Waals surface area contributed by atoms with E-state index in [1.807, 2.05) is 7.05 Å². The Morgan fingerprint density at radius 2 is 1.38 bits per heavy atom. The molecule has 0 saturated heterocycles. The highest BCUT2D eigenvalue weighted by atomic mass is 14.7. The molecule has 3 aromatic rings. The quantitative estimate of drug-likeness (QED) is 0.234. The molecule has 0 fully saturated rings. The molecule has 1 aliphatic carbocycles. The van der Waals surface area contributed by atoms with Crippen LogP contribution in [0, 0.1) is 11.8 Å². The lowest BCUT2D eigenvalue weighted by atomic mass is 9.85. The smallest absolute Gasteiger partial charge is 0.0450 e. The summed E-state index contributed by atoms with van der Waals surface area (Å²) in [6.07, 6.45) is 11.2. The van der Waals surface area contributed by atoms with Crippen molar-refractivity contribution in [3.05, 3.63) is 142 Å². The maximum absolute atomic E-state index is 4.92. The number of allylic oxidation sites excluding steroid dienone is 5. The first kappa shape index (κ1) is 29.5. The van der Waals surface area contributed by atoms with E-state index >= 15 is 0 Å². The Labute approximate surface area is 243 Å². The summed E-state index contributed by atoms with van der Waals surface area (Å²) >= 11 is 0. The van der Waals surface area contributed by atoms with Crippen LogP contribution in [0.2, 0.25) is 0 Å². The molecule has 40 heavy (non-hydrogen) atoms. The Hall–Kier alpha value is -3.45. The third-order valence-electron chi connectivity index (χ3n) is 8.36. The number of rotatable bonds is 11. The average Bonchev–Trinajstić information content (AvgIpc) is 3.12. The molecule has 0 aromatic heterocycles. The highest BCUT2D eigenvalue weighted by Crippen LogP contribution is 2.37. The molecule has 208 valence electrons. The average molecular weight is 530 g/mol. The molecular weight excluding hydrogens is 482 g/mol. The van der Waals surface area contributed by atoms with Crippen molar-refractivity contribution >= 4 is 5.71 Å². The lowest BCUT2D eigenvalue weighted by Gasteiger charge is -2.21. The molecule has 0 heterocycles. The Balaban J connectivity index is 1.55. The zero-order valence-electron chi connectivity index (χ0n) is 25.1. The minimum Gasteiger partial charge on any atom is -0.292 e. The maximum Gasteiger partial charge on any atom is 0.0450 e. The van der Waals surface area contributed by atoms with Crippen molar-refractivity contribution in [2.24, 2.45) is 16.8 Å². The summed E-state index contributed by atoms with van der Waals surface area (Å²) in [6, 6.07) is 30.8. The van der Waals surface area contributed by atoms with E-state index in [0.717, 1.165) is 51.4 Å². The Bertz CT molecular complexity index is 1320. The van der Waals surface area contributed by atoms with Gasteiger partial charge in [-0.3, -0.25) is 4.99 Å². The number of hydrogen-bond donors (Lipinski definition) is 0. The molecular formula is C39H47N. The van der Waals surface area contributed by atoms with E-state index in [1.54, 1.807) is 0 Å². The van der Waals surface area contributed by atoms with E-state index < -0.39 is 0 Å². The van der Waals surface area contributed by atoms with Crippen LogP contribution < -0.4 is 0 Å². The monoisotopic (exact) mass is 529 g/mol. The third kappa shape index (κ3) is 8.04. The topological polar surface area (TPSA) is 12.4 Å². The fraction of sp³-hybridized carbons (Fsp3) is 0.359. The van der Waals surface area contributed by atoms with E-state index in [2.05, 4.69) is 118 Å². The number of hydrogen-bond acceptors (Lipinski definition) is 1. The largest absolute Gasteiger partial charge is 0.292 e. The van der Waals surface area contributed by atoms with E-state index in [4.69, 9.17) is 4.99 Å². The van der Waals surface area contributed by atoms with Crippen LogP contribution in [0.4, 0.5) is 0 Å². The third-order valence-corrected chi connectivity index (χ3v) is 8.36. The van der Waals surface area contributed by atoms with Gasteiger partial charge in [0.05, 0.1) is 0 Å². The van der Waals surface area contributed by atoms with Crippen molar-refractivity contribution in [2.75, 3.05) is 7.05 Å². The van der Waals surface area contributed by atoms with Crippen LogP contribution in [-0.4, -0.2) is 12.8 Å². The second-order valence-corrected chi connectivity index (χ2v) is 11.6. The molecule has 0 N–H and O–H groups in total. The van der Waals surface area contributed by atoms with Crippen LogP contribution in [-0.2, 0) is 19.3 Å². The summed E-state index contributed by atoms with van der Waals surface area (Å²) in [6.45, 7) is 11.5. The van der Waals surface area contributed by atoms with Gasteiger partial charge in [-0.2, -0.15) is 0 Å². The van der Waals surface area contributed by atoms with Crippen LogP contribution in [0.15, 0.2) is 125 Å². The second-order valence-electron chi connectivity index (χ2n) is 11.6. The first-order valence-corrected chi connectivity index (χ1v) is 15.2. The summed E-state index contributed by atoms with van der Waals surface area (Å²) in [7, 11) is 1.98. The summed E-state index contributed by atoms with van der Waals surface area (Å²) < 4.78 is 0. The standard InChI is InChI=1S/C39H47N/c1-6-13-29(2)37-28-36(25-22-32-14-9-7-10-15-32)26-31(4)39(40-5)38(37)30(3)18-19-33-20-23-35(24-21-33)27-34-16-11-8-12-17-34/h7-12,14-17,20-21,23-24,28,31,36H,2,6,13,18-19,22,25-27H2,1,3-5H3/b38-30-,40-39?. The number of nitrogens with zero attached hydrogens (tertiary/aromatic N) is 1. The van der Waals surface area contributed by atoms with Crippen molar-refractivity contribution in [3.63, 3.8) is 0 Å². The molecule has 2 atom stereocenters. The van der Waals surface area contributed by atoms with Gasteiger partial charge in [0.15, 0.2) is 0 Å². The van der Waals surface area contributed by atoms with Gasteiger partial charge >= 0.3 is 0 Å². The fourth-order valence-electron chi connectivity index (χ4n) is 6.16. The molecule has 0 spiro atoms. The lowest BCUT2D eigenvalue weighted by molar-refractivity contribution is 0.498. The predicted octanol–water partition coefficient (Wildman–Crippen LogP) is 10.2. The van der Waals surface area contributed by atoms with Gasteiger partial charge in [0.2, 0.25) is 0 Å². The molecule has 1 aliphatic rings. The zero-order chi connectivity index (χ0) is 28.3. The van der Waals surface area contributed by atoms with Crippen molar-refractivity contribution in [3.8, 4) is 0 Å². The molecule has 0 aliphatic heterocycles. The number of benzene rings is 3. The van der Waals surface area contributed by atoms with Crippen LogP contribution in [0.25, 0.3) is 0 Å². The molecule has 2 unspecified atom stereocenters. The molecule has 0 saturated carbocycles. The number of aryl methyl sites for hydroxylation is 2. The van der Waals surface area contributed by atoms with Gasteiger partial charge in [0.1, 0.15) is 0 Å². The molecule has 1 nitrogen and oxygen atoms in total. The summed E-state index contributed by atoms with van der Waals surface area (Å²) in [5, 5.41) is 0. The normalized spacial score (nSPS) is 19.7. The van der Waals surface area contributed by atoms with Crippen molar-refractivity contribution in [1.29, 1.82) is 0 Å². The first-order chi connectivity index (χ1) is 19.5. The van der Waals surface area contributed by atoms with Crippen LogP contribution in [0.1, 0.15) is 75.1 Å². The van der Waals surface area contributed by atoms with E-state index in [0.29, 0.717) is 11.8 Å². The minimum atomic E-state index is 0.427. The highest BCUT2D eigenvalue weighted by molar-refractivity contribution is 6.07. The van der Waals surface area contributed by atoms with Gasteiger partial charge in [-0.05, 0) is 97.1 Å². The van der Waals surface area contributed by atoms with Crippen LogP contribution >= 0.6 is 0 Å². The second kappa shape index (κ2) is 14.8. The van der Waals surface area contributed by atoms with E-state index in [1.165, 1.54) is 50.3 Å². The SMILES string of the molecule is C=C(CCC)C1=CC(CCc2ccccc2)CC(C)C(=NC)/C1=C(/C)CCc1ccc(Cc2ccccc2)cc1. The van der Waals surface area contributed by atoms with Gasteiger partial charge in [-0.1, -0.05) is 123 Å². The van der Waals surface area contributed by atoms with Gasteiger partial charge in [-0.15, -0.1) is 0 Å². The van der Waals surface area contributed by atoms with Gasteiger partial charge in [0, 0.05) is 18.3 Å². The molecule has 0 amide bonds. The molecule has 1 heteroatoms. The van der Waals surface area contributed by atoms with Crippen molar-refractivity contribution < 1.29 is 0 Å². The fourth-order valence-corrected chi connectivity index (χ4v) is 6.16. The summed E-state index contributed by atoms with van der Waals surface area (Å²) in [5.41, 5.74) is 12.2. The summed E-state index contributed by atoms with van der Waals surface area (Å²) in [5.74, 6) is 0.953. The molecule has 0 bridgehead atoms. The Morgan fingerprint density at radius 3 is 2.00 bits per heavy atom. The van der Waals surface area contributed by atoms with Gasteiger partial charge < -0.3 is 0 Å². The van der Waals surface area contributed by atoms with Crippen LogP contribution in [0.5, 0.6) is 0 Å². The molecule has 4 rings (SSSR count). The highest BCUT2D eigenvalue weighted by Gasteiger charge is 2.28. The van der Waals surface area contributed by atoms with Crippen molar-refractivity contribution in [2.45, 2.75) is 72.1 Å². The molecule has 0 radical (unpaired) electrons. The molecule has 3 aromatic carbocycles. The van der Waals surface area contributed by atoms with E-state index in [-0.39, 0.29) is 0 Å². The maximum atomic E-state index is 4.92. The first-order valence-electron chi connectivity index (χ1n) is 15.2. The van der Waals surface area contributed by atoms with Gasteiger partial charge in [0.25, 0.3) is 0 Å². The summed E-state index contributed by atoms with van der Waals surface area (Å²) in [4.78, 5) is 4.92. The lowest BCUT2D eigenvalue weighted by Crippen LogP contribution is -2.17. The number of aliphatic imine (C=N–C) groups is 1. The Morgan fingerprint density at radius 1 is 0.800 bits per heavy atom. The predicted molar refractivity (Wildman–Crippen MR) is 174 cm³/mol. The van der Waals surface area contributed by atoms with Crippen LogP contribution in [0.3, 0.4) is 0 Å². The Kier molecular flexibility index (Phi) is 10.9. The van der Waals surface area contributed by atoms with E-state index in [9.17, 15) is 0 Å².